The predicted molar refractivity (Wildman–Crippen MR) is 73.4 cm³/mol. The highest BCUT2D eigenvalue weighted by molar-refractivity contribution is 5.26. The molecule has 0 radical (unpaired) electrons. The molecule has 1 saturated carbocycles. The van der Waals surface area contributed by atoms with E-state index in [0.717, 1.165) is 24.8 Å². The zero-order valence-corrected chi connectivity index (χ0v) is 11.4. The standard InChI is InChI=1S/C16H24O2/c1-3-13-4-6-14(7-5-13)15(17)16(18)10-8-12(2)9-11-16/h4-7,12,15,17-18H,3,8-11H2,1-2H3. The van der Waals surface area contributed by atoms with Crippen molar-refractivity contribution >= 4 is 0 Å². The lowest BCUT2D eigenvalue weighted by Crippen LogP contribution is -2.39. The van der Waals surface area contributed by atoms with E-state index in [1.165, 1.54) is 5.56 Å². The van der Waals surface area contributed by atoms with Crippen LogP contribution in [-0.2, 0) is 6.42 Å². The smallest absolute Gasteiger partial charge is 0.108 e. The third-order valence-electron chi connectivity index (χ3n) is 4.35. The Balaban J connectivity index is 2.11. The van der Waals surface area contributed by atoms with Gasteiger partial charge >= 0.3 is 0 Å². The summed E-state index contributed by atoms with van der Waals surface area (Å²) in [5, 5.41) is 21.0. The Kier molecular flexibility index (Phi) is 4.08. The van der Waals surface area contributed by atoms with E-state index < -0.39 is 11.7 Å². The van der Waals surface area contributed by atoms with Crippen LogP contribution in [0.25, 0.3) is 0 Å². The molecule has 0 bridgehead atoms. The molecular formula is C16H24O2. The van der Waals surface area contributed by atoms with Crippen molar-refractivity contribution in [1.82, 2.24) is 0 Å². The Hall–Kier alpha value is -0.860. The molecule has 0 saturated heterocycles. The summed E-state index contributed by atoms with van der Waals surface area (Å²) in [6.07, 6.45) is 3.64. The zero-order valence-electron chi connectivity index (χ0n) is 11.4. The largest absolute Gasteiger partial charge is 0.387 e. The maximum Gasteiger partial charge on any atom is 0.108 e. The Labute approximate surface area is 110 Å². The second kappa shape index (κ2) is 5.41. The van der Waals surface area contributed by atoms with Crippen LogP contribution in [0.2, 0.25) is 0 Å². The molecule has 2 rings (SSSR count). The van der Waals surface area contributed by atoms with Crippen LogP contribution in [0, 0.1) is 5.92 Å². The first-order valence-electron chi connectivity index (χ1n) is 7.04. The van der Waals surface area contributed by atoms with Gasteiger partial charge in [-0.05, 0) is 49.1 Å². The Morgan fingerprint density at radius 3 is 2.28 bits per heavy atom. The van der Waals surface area contributed by atoms with Crippen molar-refractivity contribution in [3.05, 3.63) is 35.4 Å². The van der Waals surface area contributed by atoms with Gasteiger partial charge in [0.2, 0.25) is 0 Å². The summed E-state index contributed by atoms with van der Waals surface area (Å²) in [5.74, 6) is 0.667. The van der Waals surface area contributed by atoms with Gasteiger partial charge in [-0.15, -0.1) is 0 Å². The molecule has 1 aromatic carbocycles. The molecule has 0 aliphatic heterocycles. The fraction of sp³-hybridized carbons (Fsp3) is 0.625. The van der Waals surface area contributed by atoms with Crippen molar-refractivity contribution in [2.24, 2.45) is 5.92 Å². The number of benzene rings is 1. The van der Waals surface area contributed by atoms with Gasteiger partial charge in [-0.3, -0.25) is 0 Å². The Morgan fingerprint density at radius 1 is 1.22 bits per heavy atom. The highest BCUT2D eigenvalue weighted by Gasteiger charge is 2.39. The van der Waals surface area contributed by atoms with Crippen LogP contribution in [0.1, 0.15) is 56.8 Å². The monoisotopic (exact) mass is 248 g/mol. The lowest BCUT2D eigenvalue weighted by atomic mass is 9.75. The third kappa shape index (κ3) is 2.76. The fourth-order valence-corrected chi connectivity index (χ4v) is 2.78. The topological polar surface area (TPSA) is 40.5 Å². The van der Waals surface area contributed by atoms with E-state index in [0.29, 0.717) is 18.8 Å². The van der Waals surface area contributed by atoms with E-state index in [4.69, 9.17) is 0 Å². The minimum atomic E-state index is -0.930. The summed E-state index contributed by atoms with van der Waals surface area (Å²) in [4.78, 5) is 0. The SMILES string of the molecule is CCc1ccc(C(O)C2(O)CCC(C)CC2)cc1. The molecule has 1 aromatic rings. The van der Waals surface area contributed by atoms with Crippen LogP contribution in [-0.4, -0.2) is 15.8 Å². The van der Waals surface area contributed by atoms with Crippen LogP contribution in [0.3, 0.4) is 0 Å². The van der Waals surface area contributed by atoms with Crippen molar-refractivity contribution in [1.29, 1.82) is 0 Å². The van der Waals surface area contributed by atoms with E-state index in [-0.39, 0.29) is 0 Å². The van der Waals surface area contributed by atoms with Crippen LogP contribution in [0.5, 0.6) is 0 Å². The molecule has 2 nitrogen and oxygen atoms in total. The summed E-state index contributed by atoms with van der Waals surface area (Å²) in [6.45, 7) is 4.32. The molecule has 1 atom stereocenters. The normalized spacial score (nSPS) is 30.1. The predicted octanol–water partition coefficient (Wildman–Crippen LogP) is 3.22. The molecule has 18 heavy (non-hydrogen) atoms. The van der Waals surface area contributed by atoms with E-state index >= 15 is 0 Å². The highest BCUT2D eigenvalue weighted by Crippen LogP contribution is 2.40. The molecule has 0 heterocycles. The summed E-state index contributed by atoms with van der Waals surface area (Å²) in [6, 6.07) is 7.96. The van der Waals surface area contributed by atoms with Crippen LogP contribution >= 0.6 is 0 Å². The highest BCUT2D eigenvalue weighted by atomic mass is 16.3. The van der Waals surface area contributed by atoms with Crippen LogP contribution < -0.4 is 0 Å². The van der Waals surface area contributed by atoms with Gasteiger partial charge in [0.1, 0.15) is 6.10 Å². The molecular weight excluding hydrogens is 224 g/mol. The number of hydrogen-bond donors (Lipinski definition) is 2. The molecule has 0 aromatic heterocycles. The lowest BCUT2D eigenvalue weighted by Gasteiger charge is -2.38. The Morgan fingerprint density at radius 2 is 1.78 bits per heavy atom. The van der Waals surface area contributed by atoms with Crippen molar-refractivity contribution < 1.29 is 10.2 Å². The zero-order chi connectivity index (χ0) is 13.2. The molecule has 1 unspecified atom stereocenters. The first kappa shape index (κ1) is 13.6. The number of aliphatic hydroxyl groups is 2. The van der Waals surface area contributed by atoms with E-state index in [2.05, 4.69) is 13.8 Å². The quantitative estimate of drug-likeness (QED) is 0.862. The van der Waals surface area contributed by atoms with Crippen LogP contribution in [0.4, 0.5) is 0 Å². The maximum absolute atomic E-state index is 10.6. The summed E-state index contributed by atoms with van der Waals surface area (Å²) < 4.78 is 0. The second-order valence-corrected chi connectivity index (χ2v) is 5.78. The van der Waals surface area contributed by atoms with E-state index in [1.54, 1.807) is 0 Å². The first-order chi connectivity index (χ1) is 8.55. The van der Waals surface area contributed by atoms with Gasteiger partial charge in [-0.2, -0.15) is 0 Å². The average molecular weight is 248 g/mol. The van der Waals surface area contributed by atoms with Gasteiger partial charge in [0.15, 0.2) is 0 Å². The maximum atomic E-state index is 10.6. The lowest BCUT2D eigenvalue weighted by molar-refractivity contribution is -0.105. The summed E-state index contributed by atoms with van der Waals surface area (Å²) >= 11 is 0. The second-order valence-electron chi connectivity index (χ2n) is 5.78. The third-order valence-corrected chi connectivity index (χ3v) is 4.35. The van der Waals surface area contributed by atoms with Gasteiger partial charge in [0, 0.05) is 0 Å². The number of hydrogen-bond acceptors (Lipinski definition) is 2. The molecule has 2 N–H and O–H groups in total. The summed E-state index contributed by atoms with van der Waals surface area (Å²) in [5.41, 5.74) is 1.17. The van der Waals surface area contributed by atoms with Crippen molar-refractivity contribution in [3.63, 3.8) is 0 Å². The molecule has 1 aliphatic carbocycles. The summed E-state index contributed by atoms with van der Waals surface area (Å²) in [7, 11) is 0. The van der Waals surface area contributed by atoms with Gasteiger partial charge < -0.3 is 10.2 Å². The van der Waals surface area contributed by atoms with Crippen LogP contribution in [0.15, 0.2) is 24.3 Å². The fourth-order valence-electron chi connectivity index (χ4n) is 2.78. The average Bonchev–Trinajstić information content (AvgIpc) is 2.41. The first-order valence-corrected chi connectivity index (χ1v) is 7.04. The van der Waals surface area contributed by atoms with E-state index in [9.17, 15) is 10.2 Å². The van der Waals surface area contributed by atoms with Crippen molar-refractivity contribution in [2.45, 2.75) is 57.7 Å². The number of rotatable bonds is 3. The number of aliphatic hydroxyl groups excluding tert-OH is 1. The molecule has 100 valence electrons. The van der Waals surface area contributed by atoms with Crippen molar-refractivity contribution in [2.75, 3.05) is 0 Å². The van der Waals surface area contributed by atoms with Gasteiger partial charge in [-0.1, -0.05) is 38.1 Å². The molecule has 2 heteroatoms. The molecule has 1 aliphatic rings. The Bertz CT molecular complexity index is 375. The van der Waals surface area contributed by atoms with Crippen molar-refractivity contribution in [3.8, 4) is 0 Å². The van der Waals surface area contributed by atoms with Gasteiger partial charge in [0.25, 0.3) is 0 Å². The number of aryl methyl sites for hydroxylation is 1. The molecule has 0 spiro atoms. The minimum absolute atomic E-state index is 0.667. The minimum Gasteiger partial charge on any atom is -0.387 e. The molecule has 1 fully saturated rings. The molecule has 0 amide bonds. The van der Waals surface area contributed by atoms with Gasteiger partial charge in [-0.25, -0.2) is 0 Å². The van der Waals surface area contributed by atoms with E-state index in [1.807, 2.05) is 24.3 Å². The van der Waals surface area contributed by atoms with Gasteiger partial charge in [0.05, 0.1) is 5.60 Å².